The van der Waals surface area contributed by atoms with E-state index in [-0.39, 0.29) is 28.9 Å². The van der Waals surface area contributed by atoms with E-state index in [0.29, 0.717) is 32.5 Å². The molecule has 160 valence electrons. The quantitative estimate of drug-likeness (QED) is 0.503. The molecule has 0 spiro atoms. The fourth-order valence-electron chi connectivity index (χ4n) is 3.63. The maximum absolute atomic E-state index is 12.5. The summed E-state index contributed by atoms with van der Waals surface area (Å²) in [4.78, 5) is 63.8. The highest BCUT2D eigenvalue weighted by Gasteiger charge is 2.41. The number of piperidine rings is 1. The van der Waals surface area contributed by atoms with Crippen molar-refractivity contribution in [2.45, 2.75) is 32.7 Å². The molecular weight excluding hydrogens is 392 g/mol. The number of carbonyl (C=O) groups is 5. The van der Waals surface area contributed by atoms with Crippen LogP contribution >= 0.6 is 0 Å². The molecule has 0 aromatic heterocycles. The Morgan fingerprint density at radius 3 is 2.13 bits per heavy atom. The maximum Gasteiger partial charge on any atom is 0.329 e. The molecule has 1 fully saturated rings. The number of likely N-dealkylation sites (tertiary alicyclic amines) is 1. The fraction of sp³-hybridized carbons (Fsp3) is 0.476. The summed E-state index contributed by atoms with van der Waals surface area (Å²) in [5, 5.41) is 0. The number of esters is 2. The number of hydrogen-bond acceptors (Lipinski definition) is 7. The Kier molecular flexibility index (Phi) is 6.49. The summed E-state index contributed by atoms with van der Waals surface area (Å²) in [5.74, 6) is -2.84. The van der Waals surface area contributed by atoms with Gasteiger partial charge in [0.05, 0.1) is 23.7 Å². The predicted molar refractivity (Wildman–Crippen MR) is 103 cm³/mol. The van der Waals surface area contributed by atoms with Crippen LogP contribution in [0.4, 0.5) is 0 Å². The smallest absolute Gasteiger partial charge is 0.329 e. The summed E-state index contributed by atoms with van der Waals surface area (Å²) >= 11 is 0. The third-order valence-electron chi connectivity index (χ3n) is 5.36. The normalized spacial score (nSPS) is 17.5. The second kappa shape index (κ2) is 9.06. The van der Waals surface area contributed by atoms with Gasteiger partial charge in [-0.2, -0.15) is 0 Å². The molecule has 9 nitrogen and oxygen atoms in total. The molecule has 9 heteroatoms. The minimum absolute atomic E-state index is 0.231. The molecule has 2 aliphatic heterocycles. The molecule has 1 saturated heterocycles. The highest BCUT2D eigenvalue weighted by Crippen LogP contribution is 2.25. The first kappa shape index (κ1) is 21.5. The first-order valence-corrected chi connectivity index (χ1v) is 9.93. The Morgan fingerprint density at radius 2 is 1.60 bits per heavy atom. The SMILES string of the molecule is CCOC(=O)C1CCN(C(=O)COC(=O)[C@H](C)N2C(=O)c3ccccc3C2=O)CC1. The number of nitrogens with zero attached hydrogens (tertiary/aromatic N) is 2. The van der Waals surface area contributed by atoms with Crippen molar-refractivity contribution in [3.8, 4) is 0 Å². The van der Waals surface area contributed by atoms with Crippen LogP contribution in [0.3, 0.4) is 0 Å². The zero-order chi connectivity index (χ0) is 21.8. The average Bonchev–Trinajstić information content (AvgIpc) is 3.02. The van der Waals surface area contributed by atoms with E-state index >= 15 is 0 Å². The van der Waals surface area contributed by atoms with E-state index in [1.807, 2.05) is 0 Å². The zero-order valence-corrected chi connectivity index (χ0v) is 17.0. The third kappa shape index (κ3) is 4.19. The average molecular weight is 416 g/mol. The van der Waals surface area contributed by atoms with Gasteiger partial charge in [-0.3, -0.25) is 24.1 Å². The van der Waals surface area contributed by atoms with Gasteiger partial charge in [0.2, 0.25) is 0 Å². The summed E-state index contributed by atoms with van der Waals surface area (Å²) < 4.78 is 10.1. The van der Waals surface area contributed by atoms with Crippen LogP contribution in [-0.4, -0.2) is 71.8 Å². The van der Waals surface area contributed by atoms with E-state index in [0.717, 1.165) is 4.90 Å². The minimum atomic E-state index is -1.15. The lowest BCUT2D eigenvalue weighted by molar-refractivity contribution is -0.156. The van der Waals surface area contributed by atoms with Gasteiger partial charge in [0, 0.05) is 13.1 Å². The Morgan fingerprint density at radius 1 is 1.03 bits per heavy atom. The first-order valence-electron chi connectivity index (χ1n) is 9.93. The van der Waals surface area contributed by atoms with Crippen molar-refractivity contribution >= 4 is 29.7 Å². The van der Waals surface area contributed by atoms with Gasteiger partial charge in [-0.05, 0) is 38.8 Å². The van der Waals surface area contributed by atoms with Crippen LogP contribution in [0.1, 0.15) is 47.4 Å². The minimum Gasteiger partial charge on any atom is -0.466 e. The molecule has 1 aromatic carbocycles. The summed E-state index contributed by atoms with van der Waals surface area (Å²) in [7, 11) is 0. The van der Waals surface area contributed by atoms with E-state index in [2.05, 4.69) is 0 Å². The Labute approximate surface area is 173 Å². The van der Waals surface area contributed by atoms with Crippen molar-refractivity contribution in [1.29, 1.82) is 0 Å². The molecule has 1 aromatic rings. The lowest BCUT2D eigenvalue weighted by Gasteiger charge is -2.31. The lowest BCUT2D eigenvalue weighted by Crippen LogP contribution is -2.46. The van der Waals surface area contributed by atoms with Crippen molar-refractivity contribution < 1.29 is 33.4 Å². The molecule has 0 radical (unpaired) electrons. The zero-order valence-electron chi connectivity index (χ0n) is 17.0. The number of benzene rings is 1. The number of ether oxygens (including phenoxy) is 2. The highest BCUT2D eigenvalue weighted by atomic mass is 16.5. The van der Waals surface area contributed by atoms with Gasteiger partial charge in [0.25, 0.3) is 17.7 Å². The van der Waals surface area contributed by atoms with E-state index in [1.165, 1.54) is 24.0 Å². The molecule has 0 bridgehead atoms. The van der Waals surface area contributed by atoms with Crippen LogP contribution in [-0.2, 0) is 23.9 Å². The molecule has 3 amide bonds. The van der Waals surface area contributed by atoms with Gasteiger partial charge in [-0.25, -0.2) is 4.79 Å². The fourth-order valence-corrected chi connectivity index (χ4v) is 3.63. The highest BCUT2D eigenvalue weighted by molar-refractivity contribution is 6.22. The third-order valence-corrected chi connectivity index (χ3v) is 5.36. The number of hydrogen-bond donors (Lipinski definition) is 0. The molecule has 0 aliphatic carbocycles. The van der Waals surface area contributed by atoms with Gasteiger partial charge in [-0.1, -0.05) is 12.1 Å². The summed E-state index contributed by atoms with van der Waals surface area (Å²) in [6, 6.07) is 5.18. The number of rotatable bonds is 6. The van der Waals surface area contributed by atoms with Gasteiger partial charge in [0.1, 0.15) is 6.04 Å². The summed E-state index contributed by atoms with van der Waals surface area (Å²) in [6.45, 7) is 3.70. The predicted octanol–water partition coefficient (Wildman–Crippen LogP) is 1.02. The van der Waals surface area contributed by atoms with Crippen molar-refractivity contribution in [3.05, 3.63) is 35.4 Å². The van der Waals surface area contributed by atoms with E-state index in [4.69, 9.17) is 9.47 Å². The van der Waals surface area contributed by atoms with Crippen LogP contribution in [0.5, 0.6) is 0 Å². The van der Waals surface area contributed by atoms with Gasteiger partial charge in [-0.15, -0.1) is 0 Å². The van der Waals surface area contributed by atoms with Gasteiger partial charge >= 0.3 is 11.9 Å². The second-order valence-corrected chi connectivity index (χ2v) is 7.22. The van der Waals surface area contributed by atoms with E-state index in [1.54, 1.807) is 19.1 Å². The van der Waals surface area contributed by atoms with Crippen LogP contribution in [0.25, 0.3) is 0 Å². The monoisotopic (exact) mass is 416 g/mol. The number of amides is 3. The Hall–Kier alpha value is -3.23. The number of imide groups is 1. The van der Waals surface area contributed by atoms with E-state index < -0.39 is 30.4 Å². The van der Waals surface area contributed by atoms with Gasteiger partial charge in [0.15, 0.2) is 6.61 Å². The molecule has 2 aliphatic rings. The molecule has 30 heavy (non-hydrogen) atoms. The van der Waals surface area contributed by atoms with Crippen LogP contribution < -0.4 is 0 Å². The number of carbonyl (C=O) groups excluding carboxylic acids is 5. The molecular formula is C21H24N2O7. The molecule has 0 saturated carbocycles. The molecule has 0 N–H and O–H groups in total. The van der Waals surface area contributed by atoms with Crippen molar-refractivity contribution in [1.82, 2.24) is 9.80 Å². The first-order chi connectivity index (χ1) is 14.3. The summed E-state index contributed by atoms with van der Waals surface area (Å²) in [6.07, 6.45) is 0.980. The Bertz CT molecular complexity index is 839. The van der Waals surface area contributed by atoms with Crippen molar-refractivity contribution in [2.24, 2.45) is 5.92 Å². The lowest BCUT2D eigenvalue weighted by atomic mass is 9.97. The molecule has 2 heterocycles. The maximum atomic E-state index is 12.5. The topological polar surface area (TPSA) is 110 Å². The van der Waals surface area contributed by atoms with Crippen LogP contribution in [0, 0.1) is 5.92 Å². The van der Waals surface area contributed by atoms with Crippen molar-refractivity contribution in [3.63, 3.8) is 0 Å². The second-order valence-electron chi connectivity index (χ2n) is 7.22. The van der Waals surface area contributed by atoms with Crippen LogP contribution in [0.2, 0.25) is 0 Å². The standard InChI is InChI=1S/C21H24N2O7/c1-3-29-21(28)14-8-10-22(11-9-14)17(24)12-30-20(27)13(2)23-18(25)15-6-4-5-7-16(15)19(23)26/h4-7,13-14H,3,8-12H2,1-2H3/t13-/m0/s1. The van der Waals surface area contributed by atoms with Gasteiger partial charge < -0.3 is 14.4 Å². The van der Waals surface area contributed by atoms with Crippen molar-refractivity contribution in [2.75, 3.05) is 26.3 Å². The Balaban J connectivity index is 1.50. The molecule has 0 unspecified atom stereocenters. The van der Waals surface area contributed by atoms with Crippen LogP contribution in [0.15, 0.2) is 24.3 Å². The van der Waals surface area contributed by atoms with E-state index in [9.17, 15) is 24.0 Å². The summed E-state index contributed by atoms with van der Waals surface area (Å²) in [5.41, 5.74) is 0.477. The molecule has 1 atom stereocenters. The number of fused-ring (bicyclic) bond motifs is 1. The largest absolute Gasteiger partial charge is 0.466 e. The molecule has 3 rings (SSSR count).